The van der Waals surface area contributed by atoms with E-state index >= 15 is 0 Å². The summed E-state index contributed by atoms with van der Waals surface area (Å²) in [6.45, 7) is 0. The molecule has 7 rings (SSSR count). The van der Waals surface area contributed by atoms with Gasteiger partial charge in [-0.3, -0.25) is 24.0 Å². The highest BCUT2D eigenvalue weighted by Gasteiger charge is 2.33. The molecule has 0 aliphatic heterocycles. The molecule has 6 aromatic rings. The zero-order valence-electron chi connectivity index (χ0n) is 28.7. The molecule has 8 nitrogen and oxygen atoms in total. The third kappa shape index (κ3) is 8.29. The molecule has 0 bridgehead atoms. The molecule has 6 aromatic carbocycles. The van der Waals surface area contributed by atoms with E-state index in [0.29, 0.717) is 42.9 Å². The molecule has 3 N–H and O–H groups in total. The Kier molecular flexibility index (Phi) is 11.1. The SMILES string of the molecule is O=C(Nc1ccc(SC(C(=O)Nc2cccc3c2C(=O)c2ccccc2C3=O)c2ccccc2)cc1)/C(=C/c1ccc(Cl)cc1Cl)NC(=O)c1ccccc1. The van der Waals surface area contributed by atoms with Crippen LogP contribution in [0.1, 0.15) is 58.6 Å². The summed E-state index contributed by atoms with van der Waals surface area (Å²) in [5.74, 6) is -2.10. The summed E-state index contributed by atoms with van der Waals surface area (Å²) in [5.41, 5.74) is 3.18. The first kappa shape index (κ1) is 37.1. The average Bonchev–Trinajstić information content (AvgIpc) is 3.20. The standard InChI is InChI=1S/C44H29Cl2N3O5S/c45-29-19-18-28(35(46)25-29)24-37(49-42(52)27-12-5-2-6-13-27)43(53)47-30-20-22-31(23-21-30)55-41(26-10-3-1-4-11-26)44(54)48-36-17-9-16-34-38(36)40(51)33-15-8-7-14-32(33)39(34)50/h1-25,41H,(H,47,53)(H,48,54)(H,49,52)/b37-24-. The fourth-order valence-corrected chi connectivity index (χ4v) is 7.50. The summed E-state index contributed by atoms with van der Waals surface area (Å²) in [7, 11) is 0. The zero-order valence-corrected chi connectivity index (χ0v) is 31.0. The van der Waals surface area contributed by atoms with Crippen molar-refractivity contribution in [2.75, 3.05) is 10.6 Å². The van der Waals surface area contributed by atoms with E-state index in [1.165, 1.54) is 23.9 Å². The summed E-state index contributed by atoms with van der Waals surface area (Å²) in [5, 5.41) is 8.40. The van der Waals surface area contributed by atoms with Crippen molar-refractivity contribution in [2.24, 2.45) is 0 Å². The van der Waals surface area contributed by atoms with Gasteiger partial charge in [0.2, 0.25) is 5.91 Å². The second-order valence-corrected chi connectivity index (χ2v) is 14.4. The van der Waals surface area contributed by atoms with Crippen LogP contribution in [0.5, 0.6) is 0 Å². The van der Waals surface area contributed by atoms with Crippen molar-refractivity contribution in [3.63, 3.8) is 0 Å². The van der Waals surface area contributed by atoms with E-state index in [0.717, 1.165) is 0 Å². The summed E-state index contributed by atoms with van der Waals surface area (Å²) < 4.78 is 0. The lowest BCUT2D eigenvalue weighted by Gasteiger charge is -2.22. The number of carbonyl (C=O) groups is 5. The predicted octanol–water partition coefficient (Wildman–Crippen LogP) is 9.65. The van der Waals surface area contributed by atoms with Crippen molar-refractivity contribution in [1.82, 2.24) is 5.32 Å². The second-order valence-electron chi connectivity index (χ2n) is 12.4. The van der Waals surface area contributed by atoms with Crippen molar-refractivity contribution in [3.05, 3.63) is 200 Å². The number of ketones is 2. The molecule has 0 aromatic heterocycles. The number of hydrogen-bond acceptors (Lipinski definition) is 6. The van der Waals surface area contributed by atoms with E-state index in [9.17, 15) is 24.0 Å². The summed E-state index contributed by atoms with van der Waals surface area (Å²) in [6.07, 6.45) is 1.47. The molecular weight excluding hydrogens is 753 g/mol. The van der Waals surface area contributed by atoms with Gasteiger partial charge in [0.05, 0.1) is 11.3 Å². The van der Waals surface area contributed by atoms with Gasteiger partial charge in [-0.2, -0.15) is 0 Å². The van der Waals surface area contributed by atoms with Gasteiger partial charge in [-0.05, 0) is 71.8 Å². The molecular formula is C44H29Cl2N3O5S. The van der Waals surface area contributed by atoms with E-state index in [1.54, 1.807) is 109 Å². The average molecular weight is 783 g/mol. The molecule has 1 atom stereocenters. The Bertz CT molecular complexity index is 2510. The smallest absolute Gasteiger partial charge is 0.272 e. The van der Waals surface area contributed by atoms with E-state index in [1.807, 2.05) is 30.3 Å². The molecule has 0 saturated heterocycles. The van der Waals surface area contributed by atoms with Crippen LogP contribution in [-0.2, 0) is 9.59 Å². The quantitative estimate of drug-likeness (QED) is 0.0939. The molecule has 0 spiro atoms. The van der Waals surface area contributed by atoms with Crippen LogP contribution < -0.4 is 16.0 Å². The molecule has 0 radical (unpaired) electrons. The first-order valence-electron chi connectivity index (χ1n) is 16.9. The van der Waals surface area contributed by atoms with Gasteiger partial charge in [0.15, 0.2) is 11.6 Å². The van der Waals surface area contributed by atoms with Crippen molar-refractivity contribution >= 4 is 81.7 Å². The third-order valence-electron chi connectivity index (χ3n) is 8.71. The van der Waals surface area contributed by atoms with Crippen LogP contribution in [0.25, 0.3) is 6.08 Å². The van der Waals surface area contributed by atoms with Gasteiger partial charge in [0.25, 0.3) is 11.8 Å². The van der Waals surface area contributed by atoms with E-state index < -0.39 is 23.0 Å². The minimum Gasteiger partial charge on any atom is -0.324 e. The monoisotopic (exact) mass is 781 g/mol. The van der Waals surface area contributed by atoms with Crippen molar-refractivity contribution in [3.8, 4) is 0 Å². The minimum atomic E-state index is -0.758. The van der Waals surface area contributed by atoms with Gasteiger partial charge in [0, 0.05) is 42.9 Å². The predicted molar refractivity (Wildman–Crippen MR) is 217 cm³/mol. The zero-order chi connectivity index (χ0) is 38.5. The van der Waals surface area contributed by atoms with Crippen LogP contribution in [0.2, 0.25) is 10.0 Å². The van der Waals surface area contributed by atoms with Crippen molar-refractivity contribution in [1.29, 1.82) is 0 Å². The van der Waals surface area contributed by atoms with Gasteiger partial charge in [-0.1, -0.05) is 114 Å². The number of thioether (sulfide) groups is 1. The van der Waals surface area contributed by atoms with Gasteiger partial charge >= 0.3 is 0 Å². The number of halogens is 2. The second kappa shape index (κ2) is 16.4. The summed E-state index contributed by atoms with van der Waals surface area (Å²) >= 11 is 13.7. The number of fused-ring (bicyclic) bond motifs is 2. The summed E-state index contributed by atoms with van der Waals surface area (Å²) in [6, 6.07) is 40.8. The Labute approximate surface area is 330 Å². The van der Waals surface area contributed by atoms with E-state index in [4.69, 9.17) is 23.2 Å². The molecule has 3 amide bonds. The van der Waals surface area contributed by atoms with Crippen molar-refractivity contribution < 1.29 is 24.0 Å². The number of amides is 3. The van der Waals surface area contributed by atoms with Gasteiger partial charge in [-0.15, -0.1) is 11.8 Å². The maximum atomic E-state index is 14.1. The number of hydrogen-bond donors (Lipinski definition) is 3. The van der Waals surface area contributed by atoms with Crippen molar-refractivity contribution in [2.45, 2.75) is 10.1 Å². The van der Waals surface area contributed by atoms with Gasteiger partial charge in [0.1, 0.15) is 10.9 Å². The fraction of sp³-hybridized carbons (Fsp3) is 0.0227. The Morgan fingerprint density at radius 2 is 1.27 bits per heavy atom. The minimum absolute atomic E-state index is 0.0518. The Morgan fingerprint density at radius 3 is 1.96 bits per heavy atom. The van der Waals surface area contributed by atoms with Gasteiger partial charge < -0.3 is 16.0 Å². The largest absolute Gasteiger partial charge is 0.324 e. The first-order valence-corrected chi connectivity index (χ1v) is 18.6. The van der Waals surface area contributed by atoms with Crippen LogP contribution in [0, 0.1) is 0 Å². The molecule has 11 heteroatoms. The molecule has 1 aliphatic rings. The fourth-order valence-electron chi connectivity index (χ4n) is 6.02. The highest BCUT2D eigenvalue weighted by molar-refractivity contribution is 8.00. The van der Waals surface area contributed by atoms with Crippen LogP contribution in [0.15, 0.2) is 156 Å². The summed E-state index contributed by atoms with van der Waals surface area (Å²) in [4.78, 5) is 68.4. The van der Waals surface area contributed by atoms with Crippen LogP contribution >= 0.6 is 35.0 Å². The van der Waals surface area contributed by atoms with Gasteiger partial charge in [-0.25, -0.2) is 0 Å². The van der Waals surface area contributed by atoms with Crippen LogP contribution in [0.4, 0.5) is 11.4 Å². The lowest BCUT2D eigenvalue weighted by Crippen LogP contribution is -2.30. The number of rotatable bonds is 10. The molecule has 1 unspecified atom stereocenters. The van der Waals surface area contributed by atoms with Crippen LogP contribution in [-0.4, -0.2) is 29.3 Å². The molecule has 0 saturated carbocycles. The Balaban J connectivity index is 1.11. The molecule has 55 heavy (non-hydrogen) atoms. The normalized spacial score (nSPS) is 12.6. The third-order valence-corrected chi connectivity index (χ3v) is 10.5. The lowest BCUT2D eigenvalue weighted by molar-refractivity contribution is -0.116. The number of nitrogens with one attached hydrogen (secondary N) is 3. The molecule has 270 valence electrons. The number of carbonyl (C=O) groups excluding carboxylic acids is 5. The highest BCUT2D eigenvalue weighted by atomic mass is 35.5. The number of anilines is 2. The maximum Gasteiger partial charge on any atom is 0.272 e. The Hall–Kier alpha value is -6.26. The number of benzene rings is 6. The molecule has 0 heterocycles. The molecule has 1 aliphatic carbocycles. The maximum absolute atomic E-state index is 14.1. The van der Waals surface area contributed by atoms with E-state index in [-0.39, 0.29) is 39.6 Å². The van der Waals surface area contributed by atoms with E-state index in [2.05, 4.69) is 16.0 Å². The Morgan fingerprint density at radius 1 is 0.636 bits per heavy atom. The highest BCUT2D eigenvalue weighted by Crippen LogP contribution is 2.38. The molecule has 0 fully saturated rings. The lowest BCUT2D eigenvalue weighted by atomic mass is 9.83. The topological polar surface area (TPSA) is 121 Å². The van der Waals surface area contributed by atoms with Crippen LogP contribution in [0.3, 0.4) is 0 Å². The first-order chi connectivity index (χ1) is 26.7.